The molecule has 2 aliphatic rings. The molecule has 2 aliphatic heterocycles. The number of carbonyl (C=O) groups excluding carboxylic acids is 3. The molecule has 7 heteroatoms. The minimum atomic E-state index is -0.717. The van der Waals surface area contributed by atoms with E-state index in [-0.39, 0.29) is 24.3 Å². The molecule has 0 aliphatic carbocycles. The van der Waals surface area contributed by atoms with Crippen LogP contribution in [0, 0.1) is 6.07 Å². The molecule has 1 unspecified atom stereocenters. The van der Waals surface area contributed by atoms with Gasteiger partial charge in [0, 0.05) is 32.5 Å². The first-order valence-corrected chi connectivity index (χ1v) is 14.1. The van der Waals surface area contributed by atoms with Gasteiger partial charge in [-0.3, -0.25) is 9.59 Å². The highest BCUT2D eigenvalue weighted by molar-refractivity contribution is 5.92. The quantitative estimate of drug-likeness (QED) is 0.380. The lowest BCUT2D eigenvalue weighted by Gasteiger charge is -2.55. The second-order valence-corrected chi connectivity index (χ2v) is 10.8. The summed E-state index contributed by atoms with van der Waals surface area (Å²) in [4.78, 5) is 46.7. The third-order valence-electron chi connectivity index (χ3n) is 8.27. The Balaban J connectivity index is 1.35. The Kier molecular flexibility index (Phi) is 7.42. The van der Waals surface area contributed by atoms with E-state index in [1.807, 2.05) is 90.7 Å². The number of carbonyl (C=O) groups is 3. The topological polar surface area (TPSA) is 73.0 Å². The third-order valence-corrected chi connectivity index (χ3v) is 8.27. The van der Waals surface area contributed by atoms with Crippen LogP contribution in [0.4, 0.5) is 4.79 Å². The molecule has 4 amide bonds. The Morgan fingerprint density at radius 2 is 1.63 bits per heavy atom. The molecule has 0 bridgehead atoms. The first-order chi connectivity index (χ1) is 20.0. The van der Waals surface area contributed by atoms with E-state index in [1.165, 1.54) is 0 Å². The molecule has 1 radical (unpaired) electrons. The fourth-order valence-electron chi connectivity index (χ4n) is 6.20. The van der Waals surface area contributed by atoms with Crippen LogP contribution in [0.25, 0.3) is 10.8 Å². The van der Waals surface area contributed by atoms with Crippen molar-refractivity contribution in [2.75, 3.05) is 6.54 Å². The van der Waals surface area contributed by atoms with Crippen LogP contribution in [0.5, 0.6) is 0 Å². The maximum atomic E-state index is 14.3. The second-order valence-electron chi connectivity index (χ2n) is 10.8. The maximum Gasteiger partial charge on any atom is 0.319 e. The molecule has 4 aromatic rings. The van der Waals surface area contributed by atoms with Crippen LogP contribution in [0.1, 0.15) is 30.0 Å². The van der Waals surface area contributed by atoms with Crippen molar-refractivity contribution in [1.82, 2.24) is 20.0 Å². The van der Waals surface area contributed by atoms with Gasteiger partial charge in [0.2, 0.25) is 11.8 Å². The van der Waals surface area contributed by atoms with Crippen LogP contribution in [-0.2, 0) is 29.1 Å². The van der Waals surface area contributed by atoms with Crippen LogP contribution in [0.15, 0.2) is 97.1 Å². The highest BCUT2D eigenvalue weighted by Crippen LogP contribution is 2.33. The Bertz CT molecular complexity index is 1550. The fourth-order valence-corrected chi connectivity index (χ4v) is 6.20. The summed E-state index contributed by atoms with van der Waals surface area (Å²) in [5.74, 6) is -0.200. The number of fused-ring (bicyclic) bond motifs is 2. The Hall–Kier alpha value is -4.65. The minimum Gasteiger partial charge on any atom is -0.334 e. The van der Waals surface area contributed by atoms with Crippen molar-refractivity contribution >= 4 is 28.6 Å². The van der Waals surface area contributed by atoms with Gasteiger partial charge in [-0.25, -0.2) is 4.79 Å². The van der Waals surface area contributed by atoms with Crippen molar-refractivity contribution in [2.24, 2.45) is 0 Å². The smallest absolute Gasteiger partial charge is 0.319 e. The SMILES string of the molecule is C[C@H]1C2N(C(=O)NCc3ccccc3)CCC(=O)N2[C@@H](Cc2cc[c]cc2)C(=O)N1Cc1cccc2ccccc12. The molecule has 41 heavy (non-hydrogen) atoms. The van der Waals surface area contributed by atoms with Crippen molar-refractivity contribution in [3.05, 3.63) is 120 Å². The second kappa shape index (κ2) is 11.5. The summed E-state index contributed by atoms with van der Waals surface area (Å²) in [5, 5.41) is 5.24. The van der Waals surface area contributed by atoms with E-state index in [1.54, 1.807) is 9.80 Å². The molecule has 0 aromatic heterocycles. The van der Waals surface area contributed by atoms with Gasteiger partial charge >= 0.3 is 6.03 Å². The van der Waals surface area contributed by atoms with Crippen LogP contribution in [-0.4, -0.2) is 57.3 Å². The Morgan fingerprint density at radius 1 is 0.902 bits per heavy atom. The molecule has 2 saturated heterocycles. The predicted molar refractivity (Wildman–Crippen MR) is 157 cm³/mol. The molecule has 2 heterocycles. The van der Waals surface area contributed by atoms with E-state index < -0.39 is 18.2 Å². The van der Waals surface area contributed by atoms with E-state index in [0.29, 0.717) is 26.1 Å². The summed E-state index contributed by atoms with van der Waals surface area (Å²) in [7, 11) is 0. The zero-order valence-electron chi connectivity index (χ0n) is 23.1. The van der Waals surface area contributed by atoms with Gasteiger partial charge in [-0.15, -0.1) is 0 Å². The van der Waals surface area contributed by atoms with E-state index in [0.717, 1.165) is 27.5 Å². The minimum absolute atomic E-state index is 0.0976. The highest BCUT2D eigenvalue weighted by atomic mass is 16.2. The van der Waals surface area contributed by atoms with Gasteiger partial charge in [0.1, 0.15) is 12.2 Å². The van der Waals surface area contributed by atoms with Crippen molar-refractivity contribution in [3.63, 3.8) is 0 Å². The highest BCUT2D eigenvalue weighted by Gasteiger charge is 2.52. The predicted octanol–water partition coefficient (Wildman–Crippen LogP) is 4.75. The summed E-state index contributed by atoms with van der Waals surface area (Å²) in [6.45, 7) is 3.02. The summed E-state index contributed by atoms with van der Waals surface area (Å²) in [6.07, 6.45) is -0.0361. The summed E-state index contributed by atoms with van der Waals surface area (Å²) in [6, 6.07) is 33.2. The molecular formula is C34H33N4O3. The number of hydrogen-bond donors (Lipinski definition) is 1. The van der Waals surface area contributed by atoms with Crippen LogP contribution in [0.3, 0.4) is 0 Å². The number of rotatable bonds is 6. The first-order valence-electron chi connectivity index (χ1n) is 14.1. The van der Waals surface area contributed by atoms with Gasteiger partial charge in [-0.1, -0.05) is 97.1 Å². The van der Waals surface area contributed by atoms with E-state index >= 15 is 0 Å². The van der Waals surface area contributed by atoms with Gasteiger partial charge in [0.05, 0.1) is 6.04 Å². The van der Waals surface area contributed by atoms with Gasteiger partial charge < -0.3 is 20.0 Å². The number of urea groups is 1. The summed E-state index contributed by atoms with van der Waals surface area (Å²) in [5.41, 5.74) is 2.97. The average molecular weight is 546 g/mol. The Labute approximate surface area is 240 Å². The number of amides is 4. The average Bonchev–Trinajstić information content (AvgIpc) is 3.01. The molecule has 207 valence electrons. The number of piperazine rings is 1. The lowest BCUT2D eigenvalue weighted by Crippen LogP contribution is -2.75. The monoisotopic (exact) mass is 545 g/mol. The van der Waals surface area contributed by atoms with Gasteiger partial charge in [-0.2, -0.15) is 0 Å². The standard InChI is InChI=1S/C34H33N4O3/c1-24-32-36(34(41)35-22-26-13-6-3-7-14-26)20-19-31(39)38(32)30(21-25-11-4-2-5-12-25)33(40)37(24)23-28-17-10-16-27-15-8-9-18-29(27)28/h3-18,24,30,32H,19-23H2,1H3,(H,35,41)/t24-,30-,32?/m0/s1. The van der Waals surface area contributed by atoms with Crippen LogP contribution >= 0.6 is 0 Å². The van der Waals surface area contributed by atoms with Crippen molar-refractivity contribution < 1.29 is 14.4 Å². The molecule has 0 saturated carbocycles. The Morgan fingerprint density at radius 3 is 2.44 bits per heavy atom. The number of hydrogen-bond acceptors (Lipinski definition) is 3. The first kappa shape index (κ1) is 26.6. The molecule has 1 N–H and O–H groups in total. The number of benzene rings is 4. The van der Waals surface area contributed by atoms with Gasteiger partial charge in [0.25, 0.3) is 0 Å². The summed E-state index contributed by atoms with van der Waals surface area (Å²) < 4.78 is 0. The fraction of sp³-hybridized carbons (Fsp3) is 0.265. The van der Waals surface area contributed by atoms with Gasteiger partial charge in [-0.05, 0) is 40.5 Å². The van der Waals surface area contributed by atoms with Crippen LogP contribution in [0.2, 0.25) is 0 Å². The number of nitrogens with zero attached hydrogens (tertiary/aromatic N) is 3. The summed E-state index contributed by atoms with van der Waals surface area (Å²) >= 11 is 0. The van der Waals surface area contributed by atoms with Crippen molar-refractivity contribution in [2.45, 2.75) is 51.1 Å². The maximum absolute atomic E-state index is 14.3. The largest absolute Gasteiger partial charge is 0.334 e. The van der Waals surface area contributed by atoms with Crippen molar-refractivity contribution in [3.8, 4) is 0 Å². The lowest BCUT2D eigenvalue weighted by atomic mass is 9.93. The molecule has 0 spiro atoms. The molecule has 7 nitrogen and oxygen atoms in total. The number of nitrogens with one attached hydrogen (secondary N) is 1. The zero-order valence-corrected chi connectivity index (χ0v) is 23.1. The molecule has 6 rings (SSSR count). The molecule has 2 fully saturated rings. The lowest BCUT2D eigenvalue weighted by molar-refractivity contribution is -0.173. The van der Waals surface area contributed by atoms with E-state index in [2.05, 4.69) is 29.6 Å². The molecular weight excluding hydrogens is 512 g/mol. The third kappa shape index (κ3) is 5.27. The normalized spacial score (nSPS) is 20.7. The van der Waals surface area contributed by atoms with Crippen molar-refractivity contribution in [1.29, 1.82) is 0 Å². The molecule has 3 atom stereocenters. The van der Waals surface area contributed by atoms with Gasteiger partial charge in [0.15, 0.2) is 0 Å². The molecule has 4 aromatic carbocycles. The van der Waals surface area contributed by atoms with E-state index in [9.17, 15) is 14.4 Å². The van der Waals surface area contributed by atoms with E-state index in [4.69, 9.17) is 0 Å². The zero-order chi connectivity index (χ0) is 28.3. The van der Waals surface area contributed by atoms with Crippen LogP contribution < -0.4 is 5.32 Å².